The van der Waals surface area contributed by atoms with Crippen LogP contribution in [0, 0.1) is 12.8 Å². The molecule has 0 aliphatic carbocycles. The Morgan fingerprint density at radius 1 is 1.41 bits per heavy atom. The molecule has 1 amide bonds. The third-order valence-corrected chi connectivity index (χ3v) is 3.93. The standard InChI is InChI=1S/C15H20N6O/c1-11-18-19-20-21(11)14-4-2-3-13(10-14)17-15(22)9-12-5-7-16-8-6-12/h2-4,10,12,16H,5-9H2,1H3,(H,17,22). The average molecular weight is 300 g/mol. The number of hydrogen-bond acceptors (Lipinski definition) is 5. The Bertz CT molecular complexity index is 647. The summed E-state index contributed by atoms with van der Waals surface area (Å²) >= 11 is 0. The fourth-order valence-electron chi connectivity index (χ4n) is 2.75. The maximum absolute atomic E-state index is 12.2. The number of tetrazole rings is 1. The maximum atomic E-state index is 12.2. The summed E-state index contributed by atoms with van der Waals surface area (Å²) in [7, 11) is 0. The van der Waals surface area contributed by atoms with E-state index in [9.17, 15) is 4.79 Å². The van der Waals surface area contributed by atoms with Crippen molar-refractivity contribution >= 4 is 11.6 Å². The molecule has 0 atom stereocenters. The molecule has 3 rings (SSSR count). The van der Waals surface area contributed by atoms with E-state index in [0.717, 1.165) is 37.3 Å². The first-order valence-corrected chi connectivity index (χ1v) is 7.58. The maximum Gasteiger partial charge on any atom is 0.224 e. The number of carbonyl (C=O) groups is 1. The number of amides is 1. The number of aryl methyl sites for hydroxylation is 1. The number of piperidine rings is 1. The van der Waals surface area contributed by atoms with E-state index >= 15 is 0 Å². The van der Waals surface area contributed by atoms with E-state index in [0.29, 0.717) is 18.2 Å². The Morgan fingerprint density at radius 2 is 2.23 bits per heavy atom. The van der Waals surface area contributed by atoms with Crippen molar-refractivity contribution in [2.45, 2.75) is 26.2 Å². The molecule has 0 spiro atoms. The number of nitrogens with zero attached hydrogens (tertiary/aromatic N) is 4. The summed E-state index contributed by atoms with van der Waals surface area (Å²) in [6.45, 7) is 3.85. The monoisotopic (exact) mass is 300 g/mol. The molecular formula is C15H20N6O. The van der Waals surface area contributed by atoms with E-state index in [1.807, 2.05) is 31.2 Å². The second-order valence-electron chi connectivity index (χ2n) is 5.63. The van der Waals surface area contributed by atoms with Gasteiger partial charge in [-0.05, 0) is 67.4 Å². The smallest absolute Gasteiger partial charge is 0.224 e. The van der Waals surface area contributed by atoms with Gasteiger partial charge in [-0.25, -0.2) is 0 Å². The molecule has 1 aromatic heterocycles. The van der Waals surface area contributed by atoms with Crippen LogP contribution in [0.25, 0.3) is 5.69 Å². The Labute approximate surface area is 129 Å². The van der Waals surface area contributed by atoms with Crippen molar-refractivity contribution in [3.8, 4) is 5.69 Å². The third kappa shape index (κ3) is 3.48. The van der Waals surface area contributed by atoms with Crippen molar-refractivity contribution in [3.63, 3.8) is 0 Å². The molecular weight excluding hydrogens is 280 g/mol. The van der Waals surface area contributed by atoms with Crippen LogP contribution < -0.4 is 10.6 Å². The summed E-state index contributed by atoms with van der Waals surface area (Å²) in [5, 5.41) is 17.7. The zero-order valence-corrected chi connectivity index (χ0v) is 12.6. The summed E-state index contributed by atoms with van der Waals surface area (Å²) < 4.78 is 1.64. The van der Waals surface area contributed by atoms with Crippen molar-refractivity contribution < 1.29 is 4.79 Å². The normalized spacial score (nSPS) is 15.7. The lowest BCUT2D eigenvalue weighted by molar-refractivity contribution is -0.117. The molecule has 2 N–H and O–H groups in total. The number of rotatable bonds is 4. The minimum atomic E-state index is 0.0671. The second kappa shape index (κ2) is 6.65. The van der Waals surface area contributed by atoms with E-state index in [1.165, 1.54) is 0 Å². The lowest BCUT2D eigenvalue weighted by Crippen LogP contribution is -2.30. The van der Waals surface area contributed by atoms with E-state index < -0.39 is 0 Å². The van der Waals surface area contributed by atoms with Gasteiger partial charge < -0.3 is 10.6 Å². The molecule has 22 heavy (non-hydrogen) atoms. The second-order valence-corrected chi connectivity index (χ2v) is 5.63. The van der Waals surface area contributed by atoms with Gasteiger partial charge in [0.15, 0.2) is 5.82 Å². The summed E-state index contributed by atoms with van der Waals surface area (Å²) in [5.74, 6) is 1.25. The van der Waals surface area contributed by atoms with Gasteiger partial charge >= 0.3 is 0 Å². The number of hydrogen-bond donors (Lipinski definition) is 2. The summed E-state index contributed by atoms with van der Waals surface area (Å²) in [6, 6.07) is 7.55. The van der Waals surface area contributed by atoms with Crippen molar-refractivity contribution in [2.24, 2.45) is 5.92 Å². The Kier molecular flexibility index (Phi) is 4.43. The molecule has 2 heterocycles. The predicted molar refractivity (Wildman–Crippen MR) is 82.7 cm³/mol. The van der Waals surface area contributed by atoms with Gasteiger partial charge in [-0.15, -0.1) is 5.10 Å². The summed E-state index contributed by atoms with van der Waals surface area (Å²) in [5.41, 5.74) is 1.61. The highest BCUT2D eigenvalue weighted by atomic mass is 16.1. The first kappa shape index (κ1) is 14.6. The summed E-state index contributed by atoms with van der Waals surface area (Å²) in [4.78, 5) is 12.2. The molecule has 1 fully saturated rings. The molecule has 0 bridgehead atoms. The van der Waals surface area contributed by atoms with E-state index in [4.69, 9.17) is 0 Å². The minimum absolute atomic E-state index is 0.0671. The topological polar surface area (TPSA) is 84.7 Å². The van der Waals surface area contributed by atoms with Crippen LogP contribution in [0.1, 0.15) is 25.1 Å². The number of anilines is 1. The van der Waals surface area contributed by atoms with Crippen LogP contribution in [0.2, 0.25) is 0 Å². The fraction of sp³-hybridized carbons (Fsp3) is 0.467. The summed E-state index contributed by atoms with van der Waals surface area (Å²) in [6.07, 6.45) is 2.71. The molecule has 1 aliphatic heterocycles. The van der Waals surface area contributed by atoms with Crippen molar-refractivity contribution in [2.75, 3.05) is 18.4 Å². The van der Waals surface area contributed by atoms with Crippen LogP contribution in [0.5, 0.6) is 0 Å². The zero-order valence-electron chi connectivity index (χ0n) is 12.6. The molecule has 7 nitrogen and oxygen atoms in total. The van der Waals surface area contributed by atoms with Gasteiger partial charge in [0.2, 0.25) is 5.91 Å². The van der Waals surface area contributed by atoms with Gasteiger partial charge in [0.05, 0.1) is 5.69 Å². The number of aromatic nitrogens is 4. The minimum Gasteiger partial charge on any atom is -0.326 e. The van der Waals surface area contributed by atoms with Crippen LogP contribution in [0.3, 0.4) is 0 Å². The first-order valence-electron chi connectivity index (χ1n) is 7.58. The molecule has 116 valence electrons. The van der Waals surface area contributed by atoms with E-state index in [-0.39, 0.29) is 5.91 Å². The van der Waals surface area contributed by atoms with E-state index in [1.54, 1.807) is 4.68 Å². The largest absolute Gasteiger partial charge is 0.326 e. The van der Waals surface area contributed by atoms with Crippen molar-refractivity contribution in [1.29, 1.82) is 0 Å². The van der Waals surface area contributed by atoms with Gasteiger partial charge in [0.25, 0.3) is 0 Å². The predicted octanol–water partition coefficient (Wildman–Crippen LogP) is 1.30. The highest BCUT2D eigenvalue weighted by molar-refractivity contribution is 5.91. The molecule has 7 heteroatoms. The van der Waals surface area contributed by atoms with Gasteiger partial charge in [-0.1, -0.05) is 6.07 Å². The van der Waals surface area contributed by atoms with Gasteiger partial charge in [-0.3, -0.25) is 4.79 Å². The molecule has 1 aliphatic rings. The molecule has 1 aromatic carbocycles. The Hall–Kier alpha value is -2.28. The Morgan fingerprint density at radius 3 is 2.95 bits per heavy atom. The molecule has 1 saturated heterocycles. The number of benzene rings is 1. The van der Waals surface area contributed by atoms with Gasteiger partial charge in [-0.2, -0.15) is 4.68 Å². The average Bonchev–Trinajstić information content (AvgIpc) is 2.94. The molecule has 2 aromatic rings. The third-order valence-electron chi connectivity index (χ3n) is 3.93. The SMILES string of the molecule is Cc1nnnn1-c1cccc(NC(=O)CC2CCNCC2)c1. The zero-order chi connectivity index (χ0) is 15.4. The molecule has 0 saturated carbocycles. The quantitative estimate of drug-likeness (QED) is 0.889. The van der Waals surface area contributed by atoms with Crippen molar-refractivity contribution in [3.05, 3.63) is 30.1 Å². The Balaban J connectivity index is 1.65. The highest BCUT2D eigenvalue weighted by Gasteiger charge is 2.17. The van der Waals surface area contributed by atoms with Crippen LogP contribution >= 0.6 is 0 Å². The molecule has 0 radical (unpaired) electrons. The van der Waals surface area contributed by atoms with Gasteiger partial charge in [0.1, 0.15) is 0 Å². The first-order chi connectivity index (χ1) is 10.7. The number of nitrogens with one attached hydrogen (secondary N) is 2. The van der Waals surface area contributed by atoms with Gasteiger partial charge in [0, 0.05) is 12.1 Å². The van der Waals surface area contributed by atoms with E-state index in [2.05, 4.69) is 26.2 Å². The lowest BCUT2D eigenvalue weighted by atomic mass is 9.94. The lowest BCUT2D eigenvalue weighted by Gasteiger charge is -2.21. The van der Waals surface area contributed by atoms with Crippen LogP contribution in [-0.2, 0) is 4.79 Å². The van der Waals surface area contributed by atoms with Crippen LogP contribution in [0.4, 0.5) is 5.69 Å². The molecule has 0 unspecified atom stereocenters. The van der Waals surface area contributed by atoms with Crippen LogP contribution in [0.15, 0.2) is 24.3 Å². The fourth-order valence-corrected chi connectivity index (χ4v) is 2.75. The van der Waals surface area contributed by atoms with Crippen LogP contribution in [-0.4, -0.2) is 39.2 Å². The highest BCUT2D eigenvalue weighted by Crippen LogP contribution is 2.18. The van der Waals surface area contributed by atoms with Crippen molar-refractivity contribution in [1.82, 2.24) is 25.5 Å². The number of carbonyl (C=O) groups excluding carboxylic acids is 1.